The standard InChI is InChI=1S/CH2O2.Ca.Li.3H/c2-1-3;;;;;/h1H,(H,2,3);;;;;/q;+2;+1;3*-1. The Morgan fingerprint density at radius 3 is 1.80 bits per heavy atom. The number of hydrogen-bond donors (Lipinski definition) is 1. The zero-order valence-electron chi connectivity index (χ0n) is 6.14. The first-order valence-electron chi connectivity index (χ1n) is 0.494. The molecule has 0 aromatic rings. The van der Waals surface area contributed by atoms with Gasteiger partial charge in [0.25, 0.3) is 6.47 Å². The molecule has 0 aliphatic carbocycles. The SMILES string of the molecule is O=CO.[Ca+2].[H-].[H-].[H-].[Li+]. The van der Waals surface area contributed by atoms with E-state index in [9.17, 15) is 0 Å². The van der Waals surface area contributed by atoms with Gasteiger partial charge in [-0.15, -0.1) is 0 Å². The average molecular weight is 96.1 g/mol. The van der Waals surface area contributed by atoms with Crippen LogP contribution in [0.5, 0.6) is 0 Å². The summed E-state index contributed by atoms with van der Waals surface area (Å²) in [4.78, 5) is 8.36. The van der Waals surface area contributed by atoms with Gasteiger partial charge in [0.05, 0.1) is 0 Å². The molecule has 4 heteroatoms. The Morgan fingerprint density at radius 1 is 1.80 bits per heavy atom. The summed E-state index contributed by atoms with van der Waals surface area (Å²) < 4.78 is 0. The van der Waals surface area contributed by atoms with E-state index >= 15 is 0 Å². The van der Waals surface area contributed by atoms with Crippen molar-refractivity contribution in [2.24, 2.45) is 0 Å². The summed E-state index contributed by atoms with van der Waals surface area (Å²) in [5, 5.41) is 6.89. The first-order chi connectivity index (χ1) is 1.41. The van der Waals surface area contributed by atoms with E-state index in [0.29, 0.717) is 0 Å². The van der Waals surface area contributed by atoms with Crippen molar-refractivity contribution < 1.29 is 33.0 Å². The van der Waals surface area contributed by atoms with E-state index in [-0.39, 0.29) is 67.4 Å². The van der Waals surface area contributed by atoms with Gasteiger partial charge in [-0.3, -0.25) is 4.79 Å². The van der Waals surface area contributed by atoms with Crippen molar-refractivity contribution >= 4 is 44.2 Å². The summed E-state index contributed by atoms with van der Waals surface area (Å²) in [7, 11) is 0. The van der Waals surface area contributed by atoms with Crippen molar-refractivity contribution in [3.63, 3.8) is 0 Å². The molecule has 0 aromatic carbocycles. The largest absolute Gasteiger partial charge is 2.00 e. The van der Waals surface area contributed by atoms with Gasteiger partial charge < -0.3 is 9.39 Å². The molecule has 0 aromatic heterocycles. The molecule has 0 bridgehead atoms. The van der Waals surface area contributed by atoms with E-state index in [1.54, 1.807) is 0 Å². The maximum absolute atomic E-state index is 8.36. The first kappa shape index (κ1) is 16.2. The van der Waals surface area contributed by atoms with Crippen LogP contribution in [0, 0.1) is 0 Å². The number of hydrogen-bond acceptors (Lipinski definition) is 1. The summed E-state index contributed by atoms with van der Waals surface area (Å²) in [5.41, 5.74) is 0. The molecule has 0 spiro atoms. The third kappa shape index (κ3) is 33.5. The molecule has 0 saturated heterocycles. The number of carboxylic acid groups (broad SMARTS) is 1. The van der Waals surface area contributed by atoms with Gasteiger partial charge in [-0.1, -0.05) is 0 Å². The summed E-state index contributed by atoms with van der Waals surface area (Å²) in [6.07, 6.45) is 0. The Balaban J connectivity index is -0.00000000200. The van der Waals surface area contributed by atoms with Gasteiger partial charge in [0.15, 0.2) is 0 Å². The predicted molar refractivity (Wildman–Crippen MR) is 17.8 cm³/mol. The molecule has 1 N–H and O–H groups in total. The van der Waals surface area contributed by atoms with Crippen LogP contribution in [-0.2, 0) is 4.79 Å². The fourth-order valence-corrected chi connectivity index (χ4v) is 0. The van der Waals surface area contributed by atoms with Gasteiger partial charge in [0.1, 0.15) is 0 Å². The minimum absolute atomic E-state index is 0. The van der Waals surface area contributed by atoms with Gasteiger partial charge in [-0.05, 0) is 0 Å². The van der Waals surface area contributed by atoms with E-state index < -0.39 is 0 Å². The summed E-state index contributed by atoms with van der Waals surface area (Å²) in [5.74, 6) is 0. The molecule has 0 unspecified atom stereocenters. The van der Waals surface area contributed by atoms with Crippen molar-refractivity contribution in [3.8, 4) is 0 Å². The minimum atomic E-state index is -0.250. The fourth-order valence-electron chi connectivity index (χ4n) is 0. The third-order valence-corrected chi connectivity index (χ3v) is 0. The van der Waals surface area contributed by atoms with E-state index in [1.807, 2.05) is 0 Å². The summed E-state index contributed by atoms with van der Waals surface area (Å²) in [6, 6.07) is 0. The quantitative estimate of drug-likeness (QED) is 0.253. The van der Waals surface area contributed by atoms with Crippen LogP contribution in [0.4, 0.5) is 0 Å². The molecule has 0 aliphatic heterocycles. The van der Waals surface area contributed by atoms with Crippen molar-refractivity contribution in [1.29, 1.82) is 0 Å². The van der Waals surface area contributed by atoms with Gasteiger partial charge in [0, 0.05) is 0 Å². The molecule has 5 heavy (non-hydrogen) atoms. The Hall–Kier alpha value is 1.33. The van der Waals surface area contributed by atoms with Gasteiger partial charge in [-0.2, -0.15) is 0 Å². The molecule has 0 radical (unpaired) electrons. The molecule has 0 fully saturated rings. The molecule has 0 atom stereocenters. The maximum Gasteiger partial charge on any atom is 2.00 e. The topological polar surface area (TPSA) is 37.3 Å². The van der Waals surface area contributed by atoms with Crippen LogP contribution in [0.2, 0.25) is 0 Å². The molecule has 0 amide bonds. The van der Waals surface area contributed by atoms with Crippen LogP contribution in [0.25, 0.3) is 0 Å². The zero-order chi connectivity index (χ0) is 2.71. The monoisotopic (exact) mass is 96.0 g/mol. The van der Waals surface area contributed by atoms with Crippen molar-refractivity contribution in [2.45, 2.75) is 0 Å². The van der Waals surface area contributed by atoms with Gasteiger partial charge in [-0.25, -0.2) is 0 Å². The Labute approximate surface area is 76.6 Å². The second-order valence-electron chi connectivity index (χ2n) is 0.105. The first-order valence-corrected chi connectivity index (χ1v) is 0.494. The van der Waals surface area contributed by atoms with Crippen LogP contribution in [0.3, 0.4) is 0 Å². The van der Waals surface area contributed by atoms with E-state index in [1.165, 1.54) is 0 Å². The van der Waals surface area contributed by atoms with Crippen molar-refractivity contribution in [3.05, 3.63) is 0 Å². The van der Waals surface area contributed by atoms with E-state index in [0.717, 1.165) is 0 Å². The van der Waals surface area contributed by atoms with Crippen molar-refractivity contribution in [2.75, 3.05) is 0 Å². The third-order valence-electron chi connectivity index (χ3n) is 0. The Bertz CT molecular complexity index is 24.8. The Kier molecular flexibility index (Phi) is 59.7. The fraction of sp³-hybridized carbons (Fsp3) is 0. The molecule has 24 valence electrons. The molecule has 0 rings (SSSR count). The minimum Gasteiger partial charge on any atom is -1.00 e. The van der Waals surface area contributed by atoms with Crippen LogP contribution < -0.4 is 18.9 Å². The predicted octanol–water partition coefficient (Wildman–Crippen LogP) is -3.34. The number of rotatable bonds is 0. The summed E-state index contributed by atoms with van der Waals surface area (Å²) >= 11 is 0. The molecule has 2 nitrogen and oxygen atoms in total. The zero-order valence-corrected chi connectivity index (χ0v) is 5.35. The molecular weight excluding hydrogens is 91.0 g/mol. The van der Waals surface area contributed by atoms with E-state index in [2.05, 4.69) is 0 Å². The molecule has 0 aliphatic rings. The average Bonchev–Trinajstić information content (AvgIpc) is 0.918. The number of carbonyl (C=O) groups is 1. The van der Waals surface area contributed by atoms with Crippen LogP contribution >= 0.6 is 0 Å². The molecule has 0 saturated carbocycles. The van der Waals surface area contributed by atoms with Gasteiger partial charge in [0.2, 0.25) is 0 Å². The van der Waals surface area contributed by atoms with Crippen LogP contribution in [-0.4, -0.2) is 49.3 Å². The van der Waals surface area contributed by atoms with E-state index in [4.69, 9.17) is 9.90 Å². The normalized spacial score (nSPS) is 2.40. The molecule has 0 heterocycles. The second-order valence-corrected chi connectivity index (χ2v) is 0.105. The van der Waals surface area contributed by atoms with Crippen LogP contribution in [0.15, 0.2) is 0 Å². The summed E-state index contributed by atoms with van der Waals surface area (Å²) in [6.45, 7) is -0.250. The smallest absolute Gasteiger partial charge is 1.00 e. The van der Waals surface area contributed by atoms with Gasteiger partial charge >= 0.3 is 56.6 Å². The second kappa shape index (κ2) is 18.4. The molecular formula is CH5CaLiO2. The van der Waals surface area contributed by atoms with Crippen molar-refractivity contribution in [1.82, 2.24) is 0 Å². The maximum atomic E-state index is 8.36. The Morgan fingerprint density at radius 2 is 1.80 bits per heavy atom. The van der Waals surface area contributed by atoms with Crippen LogP contribution in [0.1, 0.15) is 4.28 Å².